The summed E-state index contributed by atoms with van der Waals surface area (Å²) in [5.41, 5.74) is 0. The highest BCUT2D eigenvalue weighted by molar-refractivity contribution is 4.84. The summed E-state index contributed by atoms with van der Waals surface area (Å²) < 4.78 is 26.4. The number of hydrogen-bond acceptors (Lipinski definition) is 1. The summed E-state index contributed by atoms with van der Waals surface area (Å²) in [7, 11) is 0. The molecule has 19 heavy (non-hydrogen) atoms. The molecule has 1 aliphatic rings. The van der Waals surface area contributed by atoms with Gasteiger partial charge in [-0.3, -0.25) is 0 Å². The van der Waals surface area contributed by atoms with Crippen LogP contribution >= 0.6 is 0 Å². The fourth-order valence-electron chi connectivity index (χ4n) is 3.06. The molecule has 1 unspecified atom stereocenters. The van der Waals surface area contributed by atoms with Crippen molar-refractivity contribution in [2.75, 3.05) is 6.54 Å². The van der Waals surface area contributed by atoms with Gasteiger partial charge in [0.05, 0.1) is 0 Å². The van der Waals surface area contributed by atoms with Gasteiger partial charge >= 0.3 is 0 Å². The van der Waals surface area contributed by atoms with Crippen LogP contribution in [0.15, 0.2) is 12.7 Å². The van der Waals surface area contributed by atoms with E-state index in [1.165, 1.54) is 19.3 Å². The largest absolute Gasteiger partial charge is 0.314 e. The van der Waals surface area contributed by atoms with Crippen molar-refractivity contribution in [1.29, 1.82) is 0 Å². The maximum Gasteiger partial charge on any atom is 0.248 e. The molecule has 112 valence electrons. The van der Waals surface area contributed by atoms with Crippen molar-refractivity contribution in [3.63, 3.8) is 0 Å². The van der Waals surface area contributed by atoms with E-state index in [4.69, 9.17) is 0 Å². The zero-order chi connectivity index (χ0) is 14.1. The van der Waals surface area contributed by atoms with E-state index in [1.54, 1.807) is 0 Å². The predicted octanol–water partition coefficient (Wildman–Crippen LogP) is 4.93. The van der Waals surface area contributed by atoms with Gasteiger partial charge in [-0.2, -0.15) is 0 Å². The van der Waals surface area contributed by atoms with E-state index in [-0.39, 0.29) is 12.8 Å². The first-order chi connectivity index (χ1) is 9.09. The predicted molar refractivity (Wildman–Crippen MR) is 77.7 cm³/mol. The van der Waals surface area contributed by atoms with Gasteiger partial charge in [0.2, 0.25) is 5.92 Å². The Morgan fingerprint density at radius 1 is 1.26 bits per heavy atom. The fraction of sp³-hybridized carbons (Fsp3) is 0.875. The van der Waals surface area contributed by atoms with Crippen LogP contribution in [0.3, 0.4) is 0 Å². The van der Waals surface area contributed by atoms with Gasteiger partial charge in [0, 0.05) is 18.9 Å². The Bertz CT molecular complexity index is 243. The Labute approximate surface area is 116 Å². The van der Waals surface area contributed by atoms with Crippen LogP contribution in [0.5, 0.6) is 0 Å². The van der Waals surface area contributed by atoms with E-state index >= 15 is 0 Å². The molecule has 0 aromatic heterocycles. The number of allylic oxidation sites excluding steroid dienone is 1. The first-order valence-corrected chi connectivity index (χ1v) is 7.81. The zero-order valence-corrected chi connectivity index (χ0v) is 12.3. The van der Waals surface area contributed by atoms with Crippen LogP contribution in [0.25, 0.3) is 0 Å². The lowest BCUT2D eigenvalue weighted by atomic mass is 9.80. The quantitative estimate of drug-likeness (QED) is 0.464. The van der Waals surface area contributed by atoms with Crippen molar-refractivity contribution in [1.82, 2.24) is 5.32 Å². The van der Waals surface area contributed by atoms with Gasteiger partial charge in [-0.05, 0) is 44.6 Å². The summed E-state index contributed by atoms with van der Waals surface area (Å²) >= 11 is 0. The Kier molecular flexibility index (Phi) is 7.59. The smallest absolute Gasteiger partial charge is 0.248 e. The molecule has 0 aromatic carbocycles. The highest BCUT2D eigenvalue weighted by Gasteiger charge is 2.37. The van der Waals surface area contributed by atoms with Crippen LogP contribution < -0.4 is 5.32 Å². The molecule has 1 rings (SSSR count). The molecule has 1 N–H and O–H groups in total. The lowest BCUT2D eigenvalue weighted by Gasteiger charge is -2.34. The minimum Gasteiger partial charge on any atom is -0.314 e. The van der Waals surface area contributed by atoms with Crippen molar-refractivity contribution in [3.05, 3.63) is 12.7 Å². The number of rotatable bonds is 9. The van der Waals surface area contributed by atoms with E-state index in [0.717, 1.165) is 19.4 Å². The molecule has 0 radical (unpaired) electrons. The summed E-state index contributed by atoms with van der Waals surface area (Å²) in [6.07, 6.45) is 9.30. The van der Waals surface area contributed by atoms with E-state index in [2.05, 4.69) is 18.8 Å². The lowest BCUT2D eigenvalue weighted by molar-refractivity contribution is -0.0498. The SMILES string of the molecule is C=CCCCCCC(NCC)C1CCC(F)(F)CC1. The van der Waals surface area contributed by atoms with Crippen molar-refractivity contribution >= 4 is 0 Å². The third-order valence-corrected chi connectivity index (χ3v) is 4.22. The third-order valence-electron chi connectivity index (χ3n) is 4.22. The van der Waals surface area contributed by atoms with E-state index in [0.29, 0.717) is 24.8 Å². The van der Waals surface area contributed by atoms with Gasteiger partial charge in [-0.15, -0.1) is 6.58 Å². The molecule has 3 heteroatoms. The van der Waals surface area contributed by atoms with Crippen molar-refractivity contribution in [3.8, 4) is 0 Å². The average molecular weight is 273 g/mol. The van der Waals surface area contributed by atoms with Gasteiger partial charge in [-0.25, -0.2) is 8.78 Å². The second-order valence-corrected chi connectivity index (χ2v) is 5.78. The van der Waals surface area contributed by atoms with Crippen LogP contribution in [0, 0.1) is 5.92 Å². The van der Waals surface area contributed by atoms with Gasteiger partial charge in [0.25, 0.3) is 0 Å². The third kappa shape index (κ3) is 6.51. The number of halogens is 2. The number of alkyl halides is 2. The molecule has 0 spiro atoms. The maximum atomic E-state index is 13.2. The standard InChI is InChI=1S/C16H29F2N/c1-3-5-6-7-8-9-15(19-4-2)14-10-12-16(17,18)13-11-14/h3,14-15,19H,1,4-13H2,2H3. The van der Waals surface area contributed by atoms with E-state index < -0.39 is 5.92 Å². The molecule has 1 saturated carbocycles. The maximum absolute atomic E-state index is 13.2. The molecule has 1 nitrogen and oxygen atoms in total. The summed E-state index contributed by atoms with van der Waals surface area (Å²) in [5, 5.41) is 3.51. The monoisotopic (exact) mass is 273 g/mol. The summed E-state index contributed by atoms with van der Waals surface area (Å²) in [6, 6.07) is 0.435. The summed E-state index contributed by atoms with van der Waals surface area (Å²) in [5.74, 6) is -1.96. The van der Waals surface area contributed by atoms with Crippen LogP contribution in [-0.4, -0.2) is 18.5 Å². The molecule has 0 aromatic rings. The first kappa shape index (κ1) is 16.6. The molecule has 0 saturated heterocycles. The molecule has 0 heterocycles. The van der Waals surface area contributed by atoms with Gasteiger partial charge in [-0.1, -0.05) is 25.8 Å². The number of nitrogens with one attached hydrogen (secondary N) is 1. The molecule has 1 fully saturated rings. The van der Waals surface area contributed by atoms with E-state index in [1.807, 2.05) is 6.08 Å². The zero-order valence-electron chi connectivity index (χ0n) is 12.3. The molecule has 0 amide bonds. The number of unbranched alkanes of at least 4 members (excludes halogenated alkanes) is 3. The van der Waals surface area contributed by atoms with Crippen molar-refractivity contribution < 1.29 is 8.78 Å². The molecule has 1 aliphatic carbocycles. The van der Waals surface area contributed by atoms with Crippen molar-refractivity contribution in [2.45, 2.75) is 76.7 Å². The topological polar surface area (TPSA) is 12.0 Å². The van der Waals surface area contributed by atoms with Gasteiger partial charge in [0.15, 0.2) is 0 Å². The fourth-order valence-corrected chi connectivity index (χ4v) is 3.06. The molecular weight excluding hydrogens is 244 g/mol. The highest BCUT2D eigenvalue weighted by Crippen LogP contribution is 2.38. The first-order valence-electron chi connectivity index (χ1n) is 7.81. The molecule has 0 aliphatic heterocycles. The van der Waals surface area contributed by atoms with Crippen molar-refractivity contribution in [2.24, 2.45) is 5.92 Å². The van der Waals surface area contributed by atoms with Gasteiger partial charge < -0.3 is 5.32 Å². The van der Waals surface area contributed by atoms with Crippen LogP contribution in [0.2, 0.25) is 0 Å². The Morgan fingerprint density at radius 3 is 2.53 bits per heavy atom. The second-order valence-electron chi connectivity index (χ2n) is 5.78. The Morgan fingerprint density at radius 2 is 1.95 bits per heavy atom. The lowest BCUT2D eigenvalue weighted by Crippen LogP contribution is -2.39. The second kappa shape index (κ2) is 8.68. The van der Waals surface area contributed by atoms with Crippen LogP contribution in [-0.2, 0) is 0 Å². The summed E-state index contributed by atoms with van der Waals surface area (Å²) in [6.45, 7) is 6.76. The van der Waals surface area contributed by atoms with E-state index in [9.17, 15) is 8.78 Å². The Hall–Kier alpha value is -0.440. The normalized spacial score (nSPS) is 21.2. The summed E-state index contributed by atoms with van der Waals surface area (Å²) in [4.78, 5) is 0. The molecular formula is C16H29F2N. The minimum absolute atomic E-state index is 0.0794. The molecule has 1 atom stereocenters. The highest BCUT2D eigenvalue weighted by atomic mass is 19.3. The molecule has 0 bridgehead atoms. The minimum atomic E-state index is -2.41. The van der Waals surface area contributed by atoms with Gasteiger partial charge in [0.1, 0.15) is 0 Å². The Balaban J connectivity index is 2.29. The average Bonchev–Trinajstić information content (AvgIpc) is 2.37. The number of hydrogen-bond donors (Lipinski definition) is 1. The van der Waals surface area contributed by atoms with Crippen LogP contribution in [0.4, 0.5) is 8.78 Å². The van der Waals surface area contributed by atoms with Crippen LogP contribution in [0.1, 0.15) is 64.7 Å².